The Labute approximate surface area is 134 Å². The molecule has 6 heteroatoms. The van der Waals surface area contributed by atoms with Gasteiger partial charge in [-0.25, -0.2) is 0 Å². The second-order valence-corrected chi connectivity index (χ2v) is 5.35. The minimum atomic E-state index is -0.296. The molecule has 1 aliphatic heterocycles. The van der Waals surface area contributed by atoms with Crippen molar-refractivity contribution in [3.05, 3.63) is 54.5 Å². The molecule has 1 aromatic carbocycles. The van der Waals surface area contributed by atoms with Crippen molar-refractivity contribution in [2.24, 2.45) is 0 Å². The fourth-order valence-electron chi connectivity index (χ4n) is 2.54. The first kappa shape index (κ1) is 15.1. The molecule has 1 fully saturated rings. The summed E-state index contributed by atoms with van der Waals surface area (Å²) in [5.74, 6) is 0.756. The van der Waals surface area contributed by atoms with Crippen LogP contribution in [0.2, 0.25) is 0 Å². The van der Waals surface area contributed by atoms with Crippen LogP contribution in [-0.4, -0.2) is 42.5 Å². The molecular formula is C17H18N2O4. The summed E-state index contributed by atoms with van der Waals surface area (Å²) in [4.78, 5) is 25.6. The van der Waals surface area contributed by atoms with Crippen molar-refractivity contribution in [3.63, 3.8) is 0 Å². The fourth-order valence-corrected chi connectivity index (χ4v) is 2.54. The quantitative estimate of drug-likeness (QED) is 0.881. The van der Waals surface area contributed by atoms with E-state index in [-0.39, 0.29) is 23.6 Å². The molecule has 1 N–H and O–H groups in total. The van der Waals surface area contributed by atoms with Crippen LogP contribution < -0.4 is 10.1 Å². The number of amides is 2. The molecule has 2 amide bonds. The van der Waals surface area contributed by atoms with Crippen LogP contribution in [-0.2, 0) is 4.79 Å². The molecule has 0 radical (unpaired) electrons. The van der Waals surface area contributed by atoms with Crippen LogP contribution in [0.25, 0.3) is 0 Å². The van der Waals surface area contributed by atoms with Crippen molar-refractivity contribution in [1.29, 1.82) is 0 Å². The van der Waals surface area contributed by atoms with Gasteiger partial charge in [0.2, 0.25) is 5.91 Å². The van der Waals surface area contributed by atoms with Crippen LogP contribution in [0, 0.1) is 0 Å². The summed E-state index contributed by atoms with van der Waals surface area (Å²) in [6.45, 7) is 1.42. The smallest absolute Gasteiger partial charge is 0.287 e. The van der Waals surface area contributed by atoms with Gasteiger partial charge < -0.3 is 19.4 Å². The maximum absolute atomic E-state index is 12.0. The first-order valence-corrected chi connectivity index (χ1v) is 7.52. The SMILES string of the molecule is O=C(N[C@H]1CC(=O)N(CCOc2ccccc2)C1)c1ccco1. The Bertz CT molecular complexity index is 654. The van der Waals surface area contributed by atoms with E-state index < -0.39 is 0 Å². The maximum atomic E-state index is 12.0. The van der Waals surface area contributed by atoms with E-state index in [1.165, 1.54) is 6.26 Å². The van der Waals surface area contributed by atoms with Crippen LogP contribution >= 0.6 is 0 Å². The van der Waals surface area contributed by atoms with E-state index in [0.717, 1.165) is 5.75 Å². The first-order chi connectivity index (χ1) is 11.2. The van der Waals surface area contributed by atoms with Crippen LogP contribution in [0.4, 0.5) is 0 Å². The second kappa shape index (κ2) is 7.00. The van der Waals surface area contributed by atoms with Crippen molar-refractivity contribution < 1.29 is 18.7 Å². The van der Waals surface area contributed by atoms with E-state index in [2.05, 4.69) is 5.32 Å². The number of hydrogen-bond donors (Lipinski definition) is 1. The summed E-state index contributed by atoms with van der Waals surface area (Å²) in [6.07, 6.45) is 1.75. The number of carbonyl (C=O) groups excluding carboxylic acids is 2. The summed E-state index contributed by atoms with van der Waals surface area (Å²) >= 11 is 0. The third-order valence-corrected chi connectivity index (χ3v) is 3.67. The zero-order valence-corrected chi connectivity index (χ0v) is 12.6. The molecule has 23 heavy (non-hydrogen) atoms. The highest BCUT2D eigenvalue weighted by Crippen LogP contribution is 2.13. The Balaban J connectivity index is 1.45. The molecule has 1 atom stereocenters. The van der Waals surface area contributed by atoms with E-state index >= 15 is 0 Å². The average Bonchev–Trinajstić information content (AvgIpc) is 3.19. The molecule has 1 saturated heterocycles. The third kappa shape index (κ3) is 3.91. The van der Waals surface area contributed by atoms with E-state index in [0.29, 0.717) is 26.1 Å². The fraction of sp³-hybridized carbons (Fsp3) is 0.294. The molecule has 2 aromatic rings. The summed E-state index contributed by atoms with van der Waals surface area (Å²) in [7, 11) is 0. The number of hydrogen-bond acceptors (Lipinski definition) is 4. The molecule has 0 saturated carbocycles. The molecule has 0 unspecified atom stereocenters. The molecule has 0 spiro atoms. The normalized spacial score (nSPS) is 17.3. The van der Waals surface area contributed by atoms with Crippen molar-refractivity contribution >= 4 is 11.8 Å². The Hall–Kier alpha value is -2.76. The lowest BCUT2D eigenvalue weighted by Gasteiger charge is -2.17. The number of likely N-dealkylation sites (tertiary alicyclic amines) is 1. The minimum Gasteiger partial charge on any atom is -0.492 e. The predicted octanol–water partition coefficient (Wildman–Crippen LogP) is 1.69. The number of benzene rings is 1. The van der Waals surface area contributed by atoms with Gasteiger partial charge in [0.05, 0.1) is 18.8 Å². The van der Waals surface area contributed by atoms with Gasteiger partial charge in [-0.1, -0.05) is 18.2 Å². The van der Waals surface area contributed by atoms with Crippen LogP contribution in [0.1, 0.15) is 17.0 Å². The van der Waals surface area contributed by atoms with Gasteiger partial charge in [-0.05, 0) is 24.3 Å². The van der Waals surface area contributed by atoms with E-state index in [9.17, 15) is 9.59 Å². The zero-order chi connectivity index (χ0) is 16.1. The van der Waals surface area contributed by atoms with Crippen molar-refractivity contribution in [2.75, 3.05) is 19.7 Å². The monoisotopic (exact) mass is 314 g/mol. The molecule has 0 bridgehead atoms. The van der Waals surface area contributed by atoms with Gasteiger partial charge in [0.15, 0.2) is 5.76 Å². The number of nitrogens with zero attached hydrogens (tertiary/aromatic N) is 1. The predicted molar refractivity (Wildman–Crippen MR) is 83.1 cm³/mol. The molecule has 2 heterocycles. The number of nitrogens with one attached hydrogen (secondary N) is 1. The summed E-state index contributed by atoms with van der Waals surface area (Å²) < 4.78 is 10.6. The summed E-state index contributed by atoms with van der Waals surface area (Å²) in [5, 5.41) is 2.81. The van der Waals surface area contributed by atoms with Gasteiger partial charge in [-0.2, -0.15) is 0 Å². The average molecular weight is 314 g/mol. The standard InChI is InChI=1S/C17H18N2O4/c20-16-11-13(18-17(21)15-7-4-9-23-15)12-19(16)8-10-22-14-5-2-1-3-6-14/h1-7,9,13H,8,10-12H2,(H,18,21)/t13-/m0/s1. The molecule has 1 aliphatic rings. The third-order valence-electron chi connectivity index (χ3n) is 3.67. The molecule has 0 aliphatic carbocycles. The molecular weight excluding hydrogens is 296 g/mol. The number of carbonyl (C=O) groups is 2. The van der Waals surface area contributed by atoms with Crippen molar-refractivity contribution in [2.45, 2.75) is 12.5 Å². The van der Waals surface area contributed by atoms with Crippen molar-refractivity contribution in [1.82, 2.24) is 10.2 Å². The van der Waals surface area contributed by atoms with Gasteiger partial charge >= 0.3 is 0 Å². The number of rotatable bonds is 6. The van der Waals surface area contributed by atoms with Crippen LogP contribution in [0.5, 0.6) is 5.75 Å². The molecule has 6 nitrogen and oxygen atoms in total. The lowest BCUT2D eigenvalue weighted by molar-refractivity contribution is -0.128. The number of para-hydroxylation sites is 1. The highest BCUT2D eigenvalue weighted by Gasteiger charge is 2.30. The van der Waals surface area contributed by atoms with Gasteiger partial charge in [0.1, 0.15) is 12.4 Å². The lowest BCUT2D eigenvalue weighted by Crippen LogP contribution is -2.37. The van der Waals surface area contributed by atoms with Gasteiger partial charge in [0, 0.05) is 13.0 Å². The Kier molecular flexibility index (Phi) is 4.61. The molecule has 3 rings (SSSR count). The van der Waals surface area contributed by atoms with E-state index in [4.69, 9.17) is 9.15 Å². The van der Waals surface area contributed by atoms with Crippen molar-refractivity contribution in [3.8, 4) is 5.75 Å². The maximum Gasteiger partial charge on any atom is 0.287 e. The Morgan fingerprint density at radius 2 is 2.09 bits per heavy atom. The molecule has 1 aromatic heterocycles. The minimum absolute atomic E-state index is 0.0198. The molecule has 120 valence electrons. The van der Waals surface area contributed by atoms with Crippen LogP contribution in [0.3, 0.4) is 0 Å². The van der Waals surface area contributed by atoms with Crippen LogP contribution in [0.15, 0.2) is 53.1 Å². The van der Waals surface area contributed by atoms with E-state index in [1.54, 1.807) is 17.0 Å². The topological polar surface area (TPSA) is 71.8 Å². The zero-order valence-electron chi connectivity index (χ0n) is 12.6. The first-order valence-electron chi connectivity index (χ1n) is 7.52. The summed E-state index contributed by atoms with van der Waals surface area (Å²) in [6, 6.07) is 12.5. The van der Waals surface area contributed by atoms with Gasteiger partial charge in [-0.3, -0.25) is 9.59 Å². The Morgan fingerprint density at radius 3 is 2.83 bits per heavy atom. The second-order valence-electron chi connectivity index (χ2n) is 5.35. The highest BCUT2D eigenvalue weighted by atomic mass is 16.5. The number of furan rings is 1. The Morgan fingerprint density at radius 1 is 1.26 bits per heavy atom. The van der Waals surface area contributed by atoms with E-state index in [1.807, 2.05) is 30.3 Å². The summed E-state index contributed by atoms with van der Waals surface area (Å²) in [5.41, 5.74) is 0. The lowest BCUT2D eigenvalue weighted by atomic mass is 10.2. The number of ether oxygens (including phenoxy) is 1. The highest BCUT2D eigenvalue weighted by molar-refractivity contribution is 5.92. The van der Waals surface area contributed by atoms with Gasteiger partial charge in [0.25, 0.3) is 5.91 Å². The van der Waals surface area contributed by atoms with Gasteiger partial charge in [-0.15, -0.1) is 0 Å². The largest absolute Gasteiger partial charge is 0.492 e.